The lowest BCUT2D eigenvalue weighted by Gasteiger charge is -2.08. The van der Waals surface area contributed by atoms with Crippen LogP contribution in [-0.2, 0) is 10.8 Å². The third-order valence-corrected chi connectivity index (χ3v) is 4.39. The molecule has 6 heteroatoms. The van der Waals surface area contributed by atoms with Crippen LogP contribution in [0.4, 0.5) is 11.4 Å². The highest BCUT2D eigenvalue weighted by Gasteiger charge is 2.05. The molecule has 1 atom stereocenters. The zero-order chi connectivity index (χ0) is 13.1. The molecule has 0 saturated heterocycles. The van der Waals surface area contributed by atoms with E-state index in [1.165, 1.54) is 0 Å². The van der Waals surface area contributed by atoms with Crippen molar-refractivity contribution in [3.05, 3.63) is 17.1 Å². The van der Waals surface area contributed by atoms with Gasteiger partial charge in [0.05, 0.1) is 26.6 Å². The molecule has 0 bridgehead atoms. The standard InChI is InChI=1S/C12H17N3OS2/c1-8-15-11-7-10(9(13)6-12(11)17-8)14-4-3-5-18(2)16/h6-7,14H,3-5,13H2,1-2H3. The lowest BCUT2D eigenvalue weighted by Crippen LogP contribution is -2.07. The van der Waals surface area contributed by atoms with Gasteiger partial charge in [0.15, 0.2) is 0 Å². The normalized spacial score (nSPS) is 12.8. The van der Waals surface area contributed by atoms with Crippen molar-refractivity contribution in [2.45, 2.75) is 13.3 Å². The highest BCUT2D eigenvalue weighted by Crippen LogP contribution is 2.29. The quantitative estimate of drug-likeness (QED) is 0.653. The molecule has 1 aromatic carbocycles. The van der Waals surface area contributed by atoms with E-state index in [0.717, 1.165) is 39.6 Å². The molecule has 0 aliphatic carbocycles. The van der Waals surface area contributed by atoms with Crippen LogP contribution in [0.1, 0.15) is 11.4 Å². The SMILES string of the molecule is Cc1nc2cc(NCCCS(C)=O)c(N)cc2s1. The van der Waals surface area contributed by atoms with Crippen LogP contribution in [0.3, 0.4) is 0 Å². The first kappa shape index (κ1) is 13.3. The van der Waals surface area contributed by atoms with E-state index in [4.69, 9.17) is 5.73 Å². The number of thiazole rings is 1. The molecular weight excluding hydrogens is 266 g/mol. The third kappa shape index (κ3) is 3.20. The topological polar surface area (TPSA) is 68.0 Å². The van der Waals surface area contributed by atoms with Crippen molar-refractivity contribution in [1.82, 2.24) is 4.98 Å². The van der Waals surface area contributed by atoms with Crippen LogP contribution >= 0.6 is 11.3 Å². The molecule has 4 nitrogen and oxygen atoms in total. The summed E-state index contributed by atoms with van der Waals surface area (Å²) in [6.45, 7) is 2.77. The smallest absolute Gasteiger partial charge is 0.0907 e. The van der Waals surface area contributed by atoms with Gasteiger partial charge in [0.2, 0.25) is 0 Å². The molecule has 0 saturated carbocycles. The van der Waals surface area contributed by atoms with E-state index in [-0.39, 0.29) is 0 Å². The number of aryl methyl sites for hydroxylation is 1. The minimum absolute atomic E-state index is 0.713. The molecule has 18 heavy (non-hydrogen) atoms. The maximum absolute atomic E-state index is 10.9. The Morgan fingerprint density at radius 1 is 1.50 bits per heavy atom. The maximum atomic E-state index is 10.9. The molecule has 0 aliphatic rings. The van der Waals surface area contributed by atoms with E-state index in [1.807, 2.05) is 19.1 Å². The third-order valence-electron chi connectivity index (χ3n) is 2.59. The number of hydrogen-bond donors (Lipinski definition) is 2. The summed E-state index contributed by atoms with van der Waals surface area (Å²) >= 11 is 1.65. The van der Waals surface area contributed by atoms with Gasteiger partial charge in [0.25, 0.3) is 0 Å². The fourth-order valence-electron chi connectivity index (χ4n) is 1.76. The van der Waals surface area contributed by atoms with Crippen LogP contribution in [0.15, 0.2) is 12.1 Å². The molecule has 1 aromatic heterocycles. The van der Waals surface area contributed by atoms with Crippen LogP contribution in [0.2, 0.25) is 0 Å². The number of benzene rings is 1. The van der Waals surface area contributed by atoms with Gasteiger partial charge in [-0.05, 0) is 25.5 Å². The van der Waals surface area contributed by atoms with Crippen LogP contribution in [-0.4, -0.2) is 27.7 Å². The van der Waals surface area contributed by atoms with Gasteiger partial charge in [-0.3, -0.25) is 4.21 Å². The monoisotopic (exact) mass is 283 g/mol. The number of aromatic nitrogens is 1. The molecule has 0 fully saturated rings. The number of nitrogens with zero attached hydrogens (tertiary/aromatic N) is 1. The van der Waals surface area contributed by atoms with Crippen molar-refractivity contribution in [2.24, 2.45) is 0 Å². The fourth-order valence-corrected chi connectivity index (χ4v) is 3.16. The van der Waals surface area contributed by atoms with Crippen molar-refractivity contribution in [3.63, 3.8) is 0 Å². The summed E-state index contributed by atoms with van der Waals surface area (Å²) in [5.41, 5.74) is 8.63. The number of nitrogens with one attached hydrogen (secondary N) is 1. The Hall–Kier alpha value is -1.14. The van der Waals surface area contributed by atoms with Gasteiger partial charge in [0.1, 0.15) is 0 Å². The van der Waals surface area contributed by atoms with E-state index >= 15 is 0 Å². The van der Waals surface area contributed by atoms with Crippen LogP contribution in [0, 0.1) is 6.92 Å². The molecule has 2 aromatic rings. The van der Waals surface area contributed by atoms with Gasteiger partial charge >= 0.3 is 0 Å². The minimum atomic E-state index is -0.730. The first-order chi connectivity index (χ1) is 8.56. The molecule has 0 spiro atoms. The summed E-state index contributed by atoms with van der Waals surface area (Å²) < 4.78 is 12.1. The van der Waals surface area contributed by atoms with Gasteiger partial charge in [-0.2, -0.15) is 0 Å². The van der Waals surface area contributed by atoms with Crippen molar-refractivity contribution in [1.29, 1.82) is 0 Å². The predicted molar refractivity (Wildman–Crippen MR) is 80.8 cm³/mol. The molecule has 98 valence electrons. The Balaban J connectivity index is 2.07. The molecule has 0 aliphatic heterocycles. The van der Waals surface area contributed by atoms with E-state index < -0.39 is 10.8 Å². The zero-order valence-electron chi connectivity index (χ0n) is 10.5. The number of nitrogens with two attached hydrogens (primary N) is 1. The van der Waals surface area contributed by atoms with Crippen LogP contribution in [0.25, 0.3) is 10.2 Å². The number of fused-ring (bicyclic) bond motifs is 1. The summed E-state index contributed by atoms with van der Waals surface area (Å²) in [4.78, 5) is 4.45. The van der Waals surface area contributed by atoms with Crippen molar-refractivity contribution in [3.8, 4) is 0 Å². The Morgan fingerprint density at radius 2 is 2.28 bits per heavy atom. The summed E-state index contributed by atoms with van der Waals surface area (Å²) in [5, 5.41) is 4.32. The van der Waals surface area contributed by atoms with Crippen LogP contribution in [0.5, 0.6) is 0 Å². The lowest BCUT2D eigenvalue weighted by atomic mass is 10.2. The molecular formula is C12H17N3OS2. The largest absolute Gasteiger partial charge is 0.397 e. The Labute approximate surface area is 113 Å². The lowest BCUT2D eigenvalue weighted by molar-refractivity contribution is 0.685. The van der Waals surface area contributed by atoms with Gasteiger partial charge in [-0.1, -0.05) is 0 Å². The summed E-state index contributed by atoms with van der Waals surface area (Å²) in [5.74, 6) is 0.713. The summed E-state index contributed by atoms with van der Waals surface area (Å²) in [6, 6.07) is 3.94. The zero-order valence-corrected chi connectivity index (χ0v) is 12.2. The second-order valence-electron chi connectivity index (χ2n) is 4.20. The molecule has 1 heterocycles. The maximum Gasteiger partial charge on any atom is 0.0907 e. The predicted octanol–water partition coefficient (Wildman–Crippen LogP) is 2.37. The van der Waals surface area contributed by atoms with Crippen molar-refractivity contribution < 1.29 is 4.21 Å². The summed E-state index contributed by atoms with van der Waals surface area (Å²) in [6.07, 6.45) is 2.59. The van der Waals surface area contributed by atoms with E-state index in [1.54, 1.807) is 17.6 Å². The highest BCUT2D eigenvalue weighted by atomic mass is 32.2. The molecule has 0 radical (unpaired) electrons. The van der Waals surface area contributed by atoms with Gasteiger partial charge in [0, 0.05) is 29.4 Å². The number of anilines is 2. The average Bonchev–Trinajstić information content (AvgIpc) is 2.63. The van der Waals surface area contributed by atoms with Crippen molar-refractivity contribution >= 4 is 43.7 Å². The summed E-state index contributed by atoms with van der Waals surface area (Å²) in [7, 11) is -0.730. The molecule has 3 N–H and O–H groups in total. The fraction of sp³-hybridized carbons (Fsp3) is 0.417. The van der Waals surface area contributed by atoms with Crippen LogP contribution < -0.4 is 11.1 Å². The number of rotatable bonds is 5. The first-order valence-electron chi connectivity index (χ1n) is 5.77. The Kier molecular flexibility index (Phi) is 4.19. The number of nitrogen functional groups attached to an aromatic ring is 1. The first-order valence-corrected chi connectivity index (χ1v) is 8.31. The second kappa shape index (κ2) is 5.67. The van der Waals surface area contributed by atoms with Gasteiger partial charge < -0.3 is 11.1 Å². The van der Waals surface area contributed by atoms with Gasteiger partial charge in [-0.25, -0.2) is 4.98 Å². The number of hydrogen-bond acceptors (Lipinski definition) is 5. The highest BCUT2D eigenvalue weighted by molar-refractivity contribution is 7.84. The van der Waals surface area contributed by atoms with Gasteiger partial charge in [-0.15, -0.1) is 11.3 Å². The second-order valence-corrected chi connectivity index (χ2v) is 6.99. The van der Waals surface area contributed by atoms with E-state index in [2.05, 4.69) is 10.3 Å². The average molecular weight is 283 g/mol. The van der Waals surface area contributed by atoms with E-state index in [9.17, 15) is 4.21 Å². The van der Waals surface area contributed by atoms with E-state index in [0.29, 0.717) is 5.75 Å². The molecule has 0 amide bonds. The Bertz CT molecular complexity index is 580. The minimum Gasteiger partial charge on any atom is -0.397 e. The molecule has 2 rings (SSSR count). The molecule has 1 unspecified atom stereocenters. The Morgan fingerprint density at radius 3 is 3.00 bits per heavy atom. The van der Waals surface area contributed by atoms with Crippen molar-refractivity contribution in [2.75, 3.05) is 29.6 Å².